The summed E-state index contributed by atoms with van der Waals surface area (Å²) >= 11 is 3.51. The highest BCUT2D eigenvalue weighted by molar-refractivity contribution is 9.07. The molecular formula is C12H16BrNO. The minimum Gasteiger partial charge on any atom is -0.375 e. The minimum atomic E-state index is 0.373. The number of morpholine rings is 1. The molecular weight excluding hydrogens is 254 g/mol. The summed E-state index contributed by atoms with van der Waals surface area (Å²) in [5, 5.41) is 0. The van der Waals surface area contributed by atoms with E-state index in [4.69, 9.17) is 4.74 Å². The molecule has 2 nitrogen and oxygen atoms in total. The molecule has 1 aromatic carbocycles. The van der Waals surface area contributed by atoms with Crippen LogP contribution < -0.4 is 0 Å². The third kappa shape index (κ3) is 3.59. The van der Waals surface area contributed by atoms with Crippen LogP contribution in [0.3, 0.4) is 0 Å². The van der Waals surface area contributed by atoms with Gasteiger partial charge in [0.1, 0.15) is 0 Å². The van der Waals surface area contributed by atoms with E-state index < -0.39 is 0 Å². The van der Waals surface area contributed by atoms with E-state index in [-0.39, 0.29) is 0 Å². The van der Waals surface area contributed by atoms with E-state index in [1.807, 2.05) is 0 Å². The predicted octanol–water partition coefficient (Wildman–Crippen LogP) is 2.63. The summed E-state index contributed by atoms with van der Waals surface area (Å²) in [6, 6.07) is 10.6. The molecule has 1 heterocycles. The molecule has 0 amide bonds. The van der Waals surface area contributed by atoms with E-state index in [0.717, 1.165) is 32.5 Å². The fraction of sp³-hybridized carbons (Fsp3) is 0.500. The van der Waals surface area contributed by atoms with Gasteiger partial charge in [-0.3, -0.25) is 0 Å². The van der Waals surface area contributed by atoms with E-state index in [1.54, 1.807) is 0 Å². The van der Waals surface area contributed by atoms with Gasteiger partial charge in [-0.15, -0.1) is 0 Å². The van der Waals surface area contributed by atoms with Gasteiger partial charge in [0.25, 0.3) is 0 Å². The van der Waals surface area contributed by atoms with Crippen LogP contribution >= 0.6 is 16.1 Å². The smallest absolute Gasteiger partial charge is 0.0715 e. The molecule has 2 rings (SSSR count). The normalized spacial score (nSPS) is 22.9. The Labute approximate surface area is 99.6 Å². The molecule has 0 radical (unpaired) electrons. The monoisotopic (exact) mass is 269 g/mol. The van der Waals surface area contributed by atoms with Gasteiger partial charge in [-0.25, -0.2) is 3.93 Å². The number of nitrogens with zero attached hydrogens (tertiary/aromatic N) is 1. The molecule has 1 aliphatic rings. The first-order valence-corrected chi connectivity index (χ1v) is 6.12. The van der Waals surface area contributed by atoms with Gasteiger partial charge in [-0.05, 0) is 18.4 Å². The van der Waals surface area contributed by atoms with Crippen LogP contribution in [0.15, 0.2) is 30.3 Å². The van der Waals surface area contributed by atoms with Crippen LogP contribution in [0.25, 0.3) is 0 Å². The summed E-state index contributed by atoms with van der Waals surface area (Å²) in [5.74, 6) is 0. The lowest BCUT2D eigenvalue weighted by molar-refractivity contribution is -0.000163. The lowest BCUT2D eigenvalue weighted by Gasteiger charge is -2.28. The summed E-state index contributed by atoms with van der Waals surface area (Å²) in [4.78, 5) is 0. The third-order valence-corrected chi connectivity index (χ3v) is 3.33. The molecule has 1 saturated heterocycles. The molecule has 1 atom stereocenters. The van der Waals surface area contributed by atoms with Gasteiger partial charge in [0.2, 0.25) is 0 Å². The average Bonchev–Trinajstić information content (AvgIpc) is 2.28. The highest BCUT2D eigenvalue weighted by Crippen LogP contribution is 2.14. The maximum atomic E-state index is 5.70. The van der Waals surface area contributed by atoms with Gasteiger partial charge >= 0.3 is 0 Å². The van der Waals surface area contributed by atoms with Crippen LogP contribution in [-0.2, 0) is 11.2 Å². The van der Waals surface area contributed by atoms with Crippen molar-refractivity contribution in [3.05, 3.63) is 35.9 Å². The molecule has 0 saturated carbocycles. The van der Waals surface area contributed by atoms with Crippen LogP contribution in [0.4, 0.5) is 0 Å². The number of benzene rings is 1. The maximum Gasteiger partial charge on any atom is 0.0715 e. The fourth-order valence-electron chi connectivity index (χ4n) is 1.83. The standard InChI is InChI=1S/C12H16BrNO/c13-14-8-9-15-12(10-14)7-6-11-4-2-1-3-5-11/h1-5,12H,6-10H2. The van der Waals surface area contributed by atoms with Crippen LogP contribution in [-0.4, -0.2) is 29.7 Å². The Morgan fingerprint density at radius 3 is 2.87 bits per heavy atom. The molecule has 0 aliphatic carbocycles. The Bertz CT molecular complexity index is 291. The Balaban J connectivity index is 1.78. The second kappa shape index (κ2) is 5.64. The lowest BCUT2D eigenvalue weighted by Crippen LogP contribution is -2.36. The highest BCUT2D eigenvalue weighted by Gasteiger charge is 2.18. The van der Waals surface area contributed by atoms with E-state index in [2.05, 4.69) is 50.4 Å². The number of hydrogen-bond acceptors (Lipinski definition) is 2. The molecule has 1 fully saturated rings. The van der Waals surface area contributed by atoms with E-state index >= 15 is 0 Å². The average molecular weight is 270 g/mol. The first-order chi connectivity index (χ1) is 7.34. The molecule has 1 unspecified atom stereocenters. The molecule has 1 aliphatic heterocycles. The SMILES string of the molecule is BrN1CCOC(CCc2ccccc2)C1. The van der Waals surface area contributed by atoms with Crippen LogP contribution in [0.2, 0.25) is 0 Å². The zero-order valence-corrected chi connectivity index (χ0v) is 10.3. The Morgan fingerprint density at radius 2 is 2.13 bits per heavy atom. The number of hydrogen-bond donors (Lipinski definition) is 0. The molecule has 82 valence electrons. The van der Waals surface area contributed by atoms with Gasteiger partial charge in [-0.1, -0.05) is 30.3 Å². The number of ether oxygens (including phenoxy) is 1. The molecule has 0 aromatic heterocycles. The van der Waals surface area contributed by atoms with Crippen molar-refractivity contribution in [3.63, 3.8) is 0 Å². The van der Waals surface area contributed by atoms with Crippen molar-refractivity contribution in [1.82, 2.24) is 3.93 Å². The fourth-order valence-corrected chi connectivity index (χ4v) is 2.30. The van der Waals surface area contributed by atoms with Crippen molar-refractivity contribution in [2.24, 2.45) is 0 Å². The summed E-state index contributed by atoms with van der Waals surface area (Å²) in [6.07, 6.45) is 2.58. The van der Waals surface area contributed by atoms with Gasteiger partial charge in [0.05, 0.1) is 12.7 Å². The van der Waals surface area contributed by atoms with Crippen molar-refractivity contribution >= 4 is 16.1 Å². The Hall–Kier alpha value is -0.380. The molecule has 0 N–H and O–H groups in total. The number of halogens is 1. The van der Waals surface area contributed by atoms with E-state index in [0.29, 0.717) is 6.10 Å². The molecule has 3 heteroatoms. The summed E-state index contributed by atoms with van der Waals surface area (Å²) in [6.45, 7) is 2.82. The van der Waals surface area contributed by atoms with Gasteiger partial charge in [0, 0.05) is 29.2 Å². The molecule has 0 spiro atoms. The molecule has 0 bridgehead atoms. The van der Waals surface area contributed by atoms with Crippen LogP contribution in [0, 0.1) is 0 Å². The van der Waals surface area contributed by atoms with Gasteiger partial charge in [0.15, 0.2) is 0 Å². The Kier molecular flexibility index (Phi) is 4.18. The first-order valence-electron chi connectivity index (χ1n) is 5.41. The maximum absolute atomic E-state index is 5.70. The molecule has 15 heavy (non-hydrogen) atoms. The second-order valence-electron chi connectivity index (χ2n) is 3.89. The predicted molar refractivity (Wildman–Crippen MR) is 65.0 cm³/mol. The van der Waals surface area contributed by atoms with Crippen molar-refractivity contribution in [1.29, 1.82) is 0 Å². The van der Waals surface area contributed by atoms with Crippen molar-refractivity contribution in [2.45, 2.75) is 18.9 Å². The quantitative estimate of drug-likeness (QED) is 0.783. The summed E-state index contributed by atoms with van der Waals surface area (Å²) < 4.78 is 7.86. The topological polar surface area (TPSA) is 12.5 Å². The van der Waals surface area contributed by atoms with Crippen LogP contribution in [0.5, 0.6) is 0 Å². The number of aryl methyl sites for hydroxylation is 1. The lowest BCUT2D eigenvalue weighted by atomic mass is 10.1. The third-order valence-electron chi connectivity index (χ3n) is 2.69. The van der Waals surface area contributed by atoms with Gasteiger partial charge < -0.3 is 4.74 Å². The zero-order valence-electron chi connectivity index (χ0n) is 8.73. The summed E-state index contributed by atoms with van der Waals surface area (Å²) in [7, 11) is 0. The van der Waals surface area contributed by atoms with E-state index in [9.17, 15) is 0 Å². The molecule has 1 aromatic rings. The van der Waals surface area contributed by atoms with Crippen LogP contribution in [0.1, 0.15) is 12.0 Å². The zero-order chi connectivity index (χ0) is 10.5. The second-order valence-corrected chi connectivity index (χ2v) is 4.89. The van der Waals surface area contributed by atoms with Crippen molar-refractivity contribution < 1.29 is 4.74 Å². The summed E-state index contributed by atoms with van der Waals surface area (Å²) in [5.41, 5.74) is 1.40. The minimum absolute atomic E-state index is 0.373. The largest absolute Gasteiger partial charge is 0.375 e. The van der Waals surface area contributed by atoms with Crippen molar-refractivity contribution in [3.8, 4) is 0 Å². The highest BCUT2D eigenvalue weighted by atomic mass is 79.9. The number of rotatable bonds is 3. The Morgan fingerprint density at radius 1 is 1.33 bits per heavy atom. The van der Waals surface area contributed by atoms with Gasteiger partial charge in [-0.2, -0.15) is 0 Å². The van der Waals surface area contributed by atoms with E-state index in [1.165, 1.54) is 5.56 Å². The first kappa shape index (κ1) is 11.1. The van der Waals surface area contributed by atoms with Crippen molar-refractivity contribution in [2.75, 3.05) is 19.7 Å².